The quantitative estimate of drug-likeness (QED) is 0.731. The number of carbonyl (C=O) groups is 1. The Morgan fingerprint density at radius 1 is 1.26 bits per heavy atom. The Morgan fingerprint density at radius 3 is 2.16 bits per heavy atom. The molecule has 1 atom stereocenters. The summed E-state index contributed by atoms with van der Waals surface area (Å²) in [5.74, 6) is 0. The highest BCUT2D eigenvalue weighted by atomic mass is 28.3. The summed E-state index contributed by atoms with van der Waals surface area (Å²) in [4.78, 5) is 16.7. The first-order chi connectivity index (χ1) is 8.42. The highest BCUT2D eigenvalue weighted by Crippen LogP contribution is 2.25. The Balaban J connectivity index is 2.86. The lowest BCUT2D eigenvalue weighted by Crippen LogP contribution is -2.52. The fourth-order valence-electron chi connectivity index (χ4n) is 2.29. The second-order valence-electron chi connectivity index (χ2n) is 7.84. The van der Waals surface area contributed by atoms with Gasteiger partial charge in [0.1, 0.15) is 5.60 Å². The van der Waals surface area contributed by atoms with Gasteiger partial charge in [0.15, 0.2) is 0 Å². The third-order valence-electron chi connectivity index (χ3n) is 3.48. The fraction of sp³-hybridized carbons (Fsp3) is 0.929. The molecule has 1 saturated heterocycles. The predicted octanol–water partition coefficient (Wildman–Crippen LogP) is 3.15. The molecule has 4 nitrogen and oxygen atoms in total. The minimum absolute atomic E-state index is 0.164. The normalized spacial score (nSPS) is 22.2. The van der Waals surface area contributed by atoms with E-state index in [0.29, 0.717) is 18.4 Å². The molecule has 1 aliphatic rings. The molecule has 0 aromatic rings. The van der Waals surface area contributed by atoms with Crippen molar-refractivity contribution in [3.8, 4) is 0 Å². The van der Waals surface area contributed by atoms with Crippen LogP contribution in [0.25, 0.3) is 0 Å². The summed E-state index contributed by atoms with van der Waals surface area (Å²) in [5, 5.41) is 0. The second kappa shape index (κ2) is 5.44. The van der Waals surface area contributed by atoms with E-state index in [1.54, 1.807) is 0 Å². The van der Waals surface area contributed by atoms with E-state index in [-0.39, 0.29) is 6.09 Å². The largest absolute Gasteiger partial charge is 0.444 e. The number of rotatable bonds is 2. The lowest BCUT2D eigenvalue weighted by Gasteiger charge is -2.33. The molecule has 0 aromatic carbocycles. The molecule has 0 radical (unpaired) electrons. The van der Waals surface area contributed by atoms with Crippen LogP contribution in [0.5, 0.6) is 0 Å². The van der Waals surface area contributed by atoms with Gasteiger partial charge >= 0.3 is 6.09 Å². The summed E-state index contributed by atoms with van der Waals surface area (Å²) >= 11 is 0. The lowest BCUT2D eigenvalue weighted by molar-refractivity contribution is 0.0234. The first-order valence-corrected chi connectivity index (χ1v) is 10.7. The smallest absolute Gasteiger partial charge is 0.411 e. The van der Waals surface area contributed by atoms with Gasteiger partial charge in [-0.05, 0) is 34.6 Å². The van der Waals surface area contributed by atoms with E-state index in [1.807, 2.05) is 25.7 Å². The van der Waals surface area contributed by atoms with Gasteiger partial charge in [-0.2, -0.15) is 0 Å². The Bertz CT molecular complexity index is 331. The molecule has 1 heterocycles. The maximum Gasteiger partial charge on any atom is 0.411 e. The van der Waals surface area contributed by atoms with E-state index in [4.69, 9.17) is 4.74 Å². The third-order valence-corrected chi connectivity index (χ3v) is 5.97. The summed E-state index contributed by atoms with van der Waals surface area (Å²) in [6.07, 6.45) is -0.164. The molecule has 0 aliphatic carbocycles. The second-order valence-corrected chi connectivity index (χ2v) is 13.2. The van der Waals surface area contributed by atoms with Crippen LogP contribution in [0.4, 0.5) is 4.79 Å². The van der Waals surface area contributed by atoms with Gasteiger partial charge in [0.25, 0.3) is 0 Å². The van der Waals surface area contributed by atoms with Gasteiger partial charge in [0, 0.05) is 18.3 Å². The average molecular weight is 286 g/mol. The molecular formula is C14H30N2O2Si. The minimum atomic E-state index is -1.43. The van der Waals surface area contributed by atoms with Crippen molar-refractivity contribution in [3.05, 3.63) is 0 Å². The molecule has 112 valence electrons. The molecule has 1 amide bonds. The zero-order valence-electron chi connectivity index (χ0n) is 13.8. The van der Waals surface area contributed by atoms with Crippen LogP contribution in [-0.4, -0.2) is 54.5 Å². The summed E-state index contributed by atoms with van der Waals surface area (Å²) in [6, 6.07) is 0.464. The van der Waals surface area contributed by atoms with Gasteiger partial charge in [-0.15, -0.1) is 0 Å². The summed E-state index contributed by atoms with van der Waals surface area (Å²) in [6.45, 7) is 18.8. The standard InChI is InChI=1S/C14H30N2O2Si/c1-11(2)15-9-12(19(6,7)8)16(10-15)13(17)18-14(3,4)5/h11-12H,9-10H2,1-8H3. The van der Waals surface area contributed by atoms with E-state index in [2.05, 4.69) is 38.4 Å². The van der Waals surface area contributed by atoms with Gasteiger partial charge in [-0.25, -0.2) is 4.79 Å². The summed E-state index contributed by atoms with van der Waals surface area (Å²) in [7, 11) is -1.43. The van der Waals surface area contributed by atoms with Crippen LogP contribution in [-0.2, 0) is 4.74 Å². The van der Waals surface area contributed by atoms with E-state index < -0.39 is 13.7 Å². The zero-order chi connectivity index (χ0) is 15.0. The van der Waals surface area contributed by atoms with Crippen molar-refractivity contribution in [1.82, 2.24) is 9.80 Å². The predicted molar refractivity (Wildman–Crippen MR) is 81.9 cm³/mol. The lowest BCUT2D eigenvalue weighted by atomic mass is 10.2. The van der Waals surface area contributed by atoms with Crippen LogP contribution in [0.2, 0.25) is 19.6 Å². The topological polar surface area (TPSA) is 32.8 Å². The van der Waals surface area contributed by atoms with Gasteiger partial charge in [-0.1, -0.05) is 19.6 Å². The van der Waals surface area contributed by atoms with Crippen molar-refractivity contribution < 1.29 is 9.53 Å². The molecule has 19 heavy (non-hydrogen) atoms. The van der Waals surface area contributed by atoms with Crippen LogP contribution in [0.15, 0.2) is 0 Å². The number of hydrogen-bond donors (Lipinski definition) is 0. The van der Waals surface area contributed by atoms with Crippen molar-refractivity contribution in [3.63, 3.8) is 0 Å². The summed E-state index contributed by atoms with van der Waals surface area (Å²) < 4.78 is 5.56. The molecule has 1 aliphatic heterocycles. The molecule has 0 N–H and O–H groups in total. The van der Waals surface area contributed by atoms with Crippen LogP contribution in [0.3, 0.4) is 0 Å². The first kappa shape index (κ1) is 16.5. The van der Waals surface area contributed by atoms with Gasteiger partial charge in [-0.3, -0.25) is 9.80 Å². The molecule has 0 saturated carbocycles. The highest BCUT2D eigenvalue weighted by molar-refractivity contribution is 6.77. The number of nitrogens with zero attached hydrogens (tertiary/aromatic N) is 2. The maximum atomic E-state index is 12.4. The van der Waals surface area contributed by atoms with Crippen molar-refractivity contribution in [1.29, 1.82) is 0 Å². The van der Waals surface area contributed by atoms with Crippen LogP contribution in [0, 0.1) is 0 Å². The molecule has 1 unspecified atom stereocenters. The summed E-state index contributed by atoms with van der Waals surface area (Å²) in [5.41, 5.74) is -0.0866. The van der Waals surface area contributed by atoms with Gasteiger partial charge in [0.05, 0.1) is 14.7 Å². The van der Waals surface area contributed by atoms with E-state index in [1.165, 1.54) is 0 Å². The SMILES string of the molecule is CC(C)N1CC([Si](C)(C)C)N(C(=O)OC(C)(C)C)C1. The Morgan fingerprint density at radius 2 is 1.79 bits per heavy atom. The number of amides is 1. The molecule has 0 aromatic heterocycles. The van der Waals surface area contributed by atoms with Crippen molar-refractivity contribution in [2.24, 2.45) is 0 Å². The number of carbonyl (C=O) groups excluding carboxylic acids is 1. The fourth-order valence-corrected chi connectivity index (χ4v) is 4.20. The minimum Gasteiger partial charge on any atom is -0.444 e. The third kappa shape index (κ3) is 4.49. The molecule has 1 rings (SSSR count). The molecular weight excluding hydrogens is 256 g/mol. The van der Waals surface area contributed by atoms with Gasteiger partial charge < -0.3 is 4.74 Å². The maximum absolute atomic E-state index is 12.4. The van der Waals surface area contributed by atoms with Crippen molar-refractivity contribution >= 4 is 14.2 Å². The number of ether oxygens (including phenoxy) is 1. The van der Waals surface area contributed by atoms with Crippen LogP contribution in [0.1, 0.15) is 34.6 Å². The molecule has 0 bridgehead atoms. The van der Waals surface area contributed by atoms with E-state index in [0.717, 1.165) is 6.54 Å². The first-order valence-electron chi connectivity index (χ1n) is 7.15. The zero-order valence-corrected chi connectivity index (χ0v) is 14.8. The molecule has 0 spiro atoms. The monoisotopic (exact) mass is 286 g/mol. The Labute approximate surface area is 119 Å². The molecule has 1 fully saturated rings. The van der Waals surface area contributed by atoms with Crippen LogP contribution < -0.4 is 0 Å². The average Bonchev–Trinajstić information content (AvgIpc) is 2.57. The Kier molecular flexibility index (Phi) is 4.73. The highest BCUT2D eigenvalue weighted by Gasteiger charge is 2.43. The Hall–Kier alpha value is -0.553. The molecule has 5 heteroatoms. The van der Waals surface area contributed by atoms with Crippen molar-refractivity contribution in [2.45, 2.75) is 71.6 Å². The van der Waals surface area contributed by atoms with E-state index >= 15 is 0 Å². The van der Waals surface area contributed by atoms with E-state index in [9.17, 15) is 4.79 Å². The number of hydrogen-bond acceptors (Lipinski definition) is 3. The van der Waals surface area contributed by atoms with Gasteiger partial charge in [0.2, 0.25) is 0 Å². The van der Waals surface area contributed by atoms with Crippen molar-refractivity contribution in [2.75, 3.05) is 13.2 Å². The van der Waals surface area contributed by atoms with Crippen LogP contribution >= 0.6 is 0 Å².